The van der Waals surface area contributed by atoms with Crippen LogP contribution in [-0.2, 0) is 16.1 Å². The number of carbonyl (C=O) groups excluding carboxylic acids is 1. The summed E-state index contributed by atoms with van der Waals surface area (Å²) in [4.78, 5) is 11.5. The number of hydrogen-bond acceptors (Lipinski definition) is 2. The van der Waals surface area contributed by atoms with E-state index >= 15 is 0 Å². The van der Waals surface area contributed by atoms with E-state index in [1.54, 1.807) is 0 Å². The molecule has 1 fully saturated rings. The molecule has 19 heavy (non-hydrogen) atoms. The Morgan fingerprint density at radius 2 is 2.00 bits per heavy atom. The minimum atomic E-state index is 0.144. The van der Waals surface area contributed by atoms with Crippen molar-refractivity contribution in [3.05, 3.63) is 35.9 Å². The molecule has 1 saturated carbocycles. The van der Waals surface area contributed by atoms with Gasteiger partial charge in [0.05, 0.1) is 6.61 Å². The molecule has 2 heteroatoms. The van der Waals surface area contributed by atoms with Crippen molar-refractivity contribution in [2.24, 2.45) is 11.3 Å². The highest BCUT2D eigenvalue weighted by Crippen LogP contribution is 2.40. The van der Waals surface area contributed by atoms with Gasteiger partial charge >= 0.3 is 0 Å². The minimum absolute atomic E-state index is 0.144. The number of hydrogen-bond donors (Lipinski definition) is 0. The van der Waals surface area contributed by atoms with Crippen LogP contribution in [0.4, 0.5) is 0 Å². The first-order chi connectivity index (χ1) is 9.08. The van der Waals surface area contributed by atoms with Crippen molar-refractivity contribution in [2.45, 2.75) is 46.1 Å². The van der Waals surface area contributed by atoms with E-state index in [4.69, 9.17) is 4.74 Å². The molecule has 0 bridgehead atoms. The predicted octanol–water partition coefficient (Wildman–Crippen LogP) is 3.99. The van der Waals surface area contributed by atoms with Gasteiger partial charge in [0.15, 0.2) is 0 Å². The summed E-state index contributed by atoms with van der Waals surface area (Å²) in [5.41, 5.74) is 1.37. The smallest absolute Gasteiger partial charge is 0.133 e. The van der Waals surface area contributed by atoms with Crippen LogP contribution in [-0.4, -0.2) is 12.4 Å². The molecule has 0 amide bonds. The van der Waals surface area contributed by atoms with Crippen LogP contribution in [0.3, 0.4) is 0 Å². The summed E-state index contributed by atoms with van der Waals surface area (Å²) in [7, 11) is 0. The summed E-state index contributed by atoms with van der Waals surface area (Å²) in [5.74, 6) is 1.03. The molecule has 2 rings (SSSR count). The van der Waals surface area contributed by atoms with Gasteiger partial charge in [0.1, 0.15) is 5.78 Å². The lowest BCUT2D eigenvalue weighted by Gasteiger charge is -2.37. The van der Waals surface area contributed by atoms with Crippen LogP contribution in [0.5, 0.6) is 0 Å². The van der Waals surface area contributed by atoms with E-state index in [0.717, 1.165) is 32.3 Å². The normalized spacial score (nSPS) is 22.4. The SMILES string of the molecule is CC1(C)CC(=O)CCC1CCOCc1ccccc1. The van der Waals surface area contributed by atoms with E-state index in [1.807, 2.05) is 18.2 Å². The van der Waals surface area contributed by atoms with Crippen LogP contribution in [0.15, 0.2) is 30.3 Å². The van der Waals surface area contributed by atoms with Gasteiger partial charge in [-0.1, -0.05) is 44.2 Å². The Bertz CT molecular complexity index is 409. The summed E-state index contributed by atoms with van der Waals surface area (Å²) in [6.45, 7) is 5.90. The van der Waals surface area contributed by atoms with Crippen LogP contribution in [0.1, 0.15) is 45.1 Å². The molecule has 1 unspecified atom stereocenters. The Kier molecular flexibility index (Phi) is 4.76. The lowest BCUT2D eigenvalue weighted by Crippen LogP contribution is -2.33. The zero-order valence-corrected chi connectivity index (χ0v) is 12.0. The van der Waals surface area contributed by atoms with E-state index in [2.05, 4.69) is 26.0 Å². The molecule has 0 aliphatic heterocycles. The zero-order chi connectivity index (χ0) is 13.7. The molecule has 1 aliphatic carbocycles. The monoisotopic (exact) mass is 260 g/mol. The summed E-state index contributed by atoms with van der Waals surface area (Å²) < 4.78 is 5.76. The molecular formula is C17H24O2. The van der Waals surface area contributed by atoms with E-state index in [-0.39, 0.29) is 5.41 Å². The highest BCUT2D eigenvalue weighted by molar-refractivity contribution is 5.79. The van der Waals surface area contributed by atoms with Crippen molar-refractivity contribution < 1.29 is 9.53 Å². The maximum Gasteiger partial charge on any atom is 0.133 e. The molecule has 1 aliphatic rings. The van der Waals surface area contributed by atoms with Crippen molar-refractivity contribution in [1.29, 1.82) is 0 Å². The van der Waals surface area contributed by atoms with Crippen molar-refractivity contribution in [2.75, 3.05) is 6.61 Å². The van der Waals surface area contributed by atoms with Gasteiger partial charge in [0.25, 0.3) is 0 Å². The van der Waals surface area contributed by atoms with Crippen molar-refractivity contribution >= 4 is 5.78 Å². The van der Waals surface area contributed by atoms with Gasteiger partial charge in [0, 0.05) is 19.4 Å². The third-order valence-corrected chi connectivity index (χ3v) is 4.25. The predicted molar refractivity (Wildman–Crippen MR) is 76.8 cm³/mol. The Balaban J connectivity index is 1.72. The largest absolute Gasteiger partial charge is 0.377 e. The molecule has 1 aromatic rings. The second-order valence-corrected chi connectivity index (χ2v) is 6.27. The molecule has 1 aromatic carbocycles. The fourth-order valence-corrected chi connectivity index (χ4v) is 2.99. The molecule has 2 nitrogen and oxygen atoms in total. The quantitative estimate of drug-likeness (QED) is 0.748. The van der Waals surface area contributed by atoms with E-state index < -0.39 is 0 Å². The molecule has 0 spiro atoms. The maximum atomic E-state index is 11.5. The van der Waals surface area contributed by atoms with Crippen LogP contribution in [0.25, 0.3) is 0 Å². The van der Waals surface area contributed by atoms with E-state index in [0.29, 0.717) is 18.3 Å². The highest BCUT2D eigenvalue weighted by atomic mass is 16.5. The summed E-state index contributed by atoms with van der Waals surface area (Å²) >= 11 is 0. The molecule has 0 aromatic heterocycles. The topological polar surface area (TPSA) is 26.3 Å². The average Bonchev–Trinajstić information content (AvgIpc) is 2.37. The second kappa shape index (κ2) is 6.33. The van der Waals surface area contributed by atoms with Crippen LogP contribution < -0.4 is 0 Å². The van der Waals surface area contributed by atoms with Gasteiger partial charge in [-0.05, 0) is 29.7 Å². The first-order valence-electron chi connectivity index (χ1n) is 7.21. The van der Waals surface area contributed by atoms with Crippen LogP contribution >= 0.6 is 0 Å². The molecule has 1 atom stereocenters. The van der Waals surface area contributed by atoms with Crippen molar-refractivity contribution in [3.63, 3.8) is 0 Å². The Morgan fingerprint density at radius 1 is 1.26 bits per heavy atom. The minimum Gasteiger partial charge on any atom is -0.377 e. The standard InChI is InChI=1S/C17H24O2/c1-17(2)12-16(18)9-8-15(17)10-11-19-13-14-6-4-3-5-7-14/h3-7,15H,8-13H2,1-2H3. The molecule has 0 radical (unpaired) electrons. The fraction of sp³-hybridized carbons (Fsp3) is 0.588. The molecule has 104 valence electrons. The third kappa shape index (κ3) is 4.17. The Morgan fingerprint density at radius 3 is 2.68 bits per heavy atom. The average molecular weight is 260 g/mol. The summed E-state index contributed by atoms with van der Waals surface area (Å²) in [6, 6.07) is 10.3. The summed E-state index contributed by atoms with van der Waals surface area (Å²) in [5, 5.41) is 0. The molecule has 0 saturated heterocycles. The number of Topliss-reactive ketones (excluding diaryl/α,β-unsaturated/α-hetero) is 1. The lowest BCUT2D eigenvalue weighted by atomic mass is 9.67. The first kappa shape index (κ1) is 14.3. The third-order valence-electron chi connectivity index (χ3n) is 4.25. The van der Waals surface area contributed by atoms with Gasteiger partial charge in [-0.15, -0.1) is 0 Å². The van der Waals surface area contributed by atoms with Gasteiger partial charge in [0.2, 0.25) is 0 Å². The van der Waals surface area contributed by atoms with Gasteiger partial charge in [-0.2, -0.15) is 0 Å². The first-order valence-corrected chi connectivity index (χ1v) is 7.21. The zero-order valence-electron chi connectivity index (χ0n) is 12.0. The second-order valence-electron chi connectivity index (χ2n) is 6.27. The number of benzene rings is 1. The van der Waals surface area contributed by atoms with Gasteiger partial charge in [-0.3, -0.25) is 4.79 Å². The van der Waals surface area contributed by atoms with Crippen LogP contribution in [0, 0.1) is 11.3 Å². The molecule has 0 heterocycles. The Labute approximate surface area is 116 Å². The fourth-order valence-electron chi connectivity index (χ4n) is 2.99. The van der Waals surface area contributed by atoms with Crippen LogP contribution in [0.2, 0.25) is 0 Å². The van der Waals surface area contributed by atoms with Gasteiger partial charge in [-0.25, -0.2) is 0 Å². The molecule has 0 N–H and O–H groups in total. The number of ketones is 1. The number of ether oxygens (including phenoxy) is 1. The van der Waals surface area contributed by atoms with E-state index in [9.17, 15) is 4.79 Å². The molecular weight excluding hydrogens is 236 g/mol. The number of rotatable bonds is 5. The van der Waals surface area contributed by atoms with Crippen molar-refractivity contribution in [1.82, 2.24) is 0 Å². The maximum absolute atomic E-state index is 11.5. The van der Waals surface area contributed by atoms with Gasteiger partial charge < -0.3 is 4.74 Å². The lowest BCUT2D eigenvalue weighted by molar-refractivity contribution is -0.125. The summed E-state index contributed by atoms with van der Waals surface area (Å²) in [6.07, 6.45) is 3.58. The van der Waals surface area contributed by atoms with E-state index in [1.165, 1.54) is 5.56 Å². The Hall–Kier alpha value is -1.15. The van der Waals surface area contributed by atoms with Crippen molar-refractivity contribution in [3.8, 4) is 0 Å². The highest BCUT2D eigenvalue weighted by Gasteiger charge is 2.35. The number of carbonyl (C=O) groups is 1.